The molecule has 0 bridgehead atoms. The van der Waals surface area contributed by atoms with Crippen LogP contribution in [0.2, 0.25) is 0 Å². The molecule has 0 radical (unpaired) electrons. The largest absolute Gasteiger partial charge is 0.459 e. The van der Waals surface area contributed by atoms with Gasteiger partial charge < -0.3 is 9.73 Å². The van der Waals surface area contributed by atoms with E-state index in [1.54, 1.807) is 12.1 Å². The Morgan fingerprint density at radius 3 is 2.78 bits per heavy atom. The summed E-state index contributed by atoms with van der Waals surface area (Å²) in [6.07, 6.45) is 4.44. The highest BCUT2D eigenvalue weighted by molar-refractivity contribution is 5.91. The highest BCUT2D eigenvalue weighted by Crippen LogP contribution is 2.21. The van der Waals surface area contributed by atoms with Crippen molar-refractivity contribution in [1.29, 1.82) is 0 Å². The van der Waals surface area contributed by atoms with Crippen LogP contribution in [0.4, 0.5) is 0 Å². The summed E-state index contributed by atoms with van der Waals surface area (Å²) < 4.78 is 5.09. The smallest absolute Gasteiger partial charge is 0.287 e. The second-order valence-electron chi connectivity index (χ2n) is 4.66. The monoisotopic (exact) mass is 241 g/mol. The minimum Gasteiger partial charge on any atom is -0.459 e. The molecule has 0 spiro atoms. The average Bonchev–Trinajstić information content (AvgIpc) is 2.92. The van der Waals surface area contributed by atoms with Gasteiger partial charge in [0.1, 0.15) is 0 Å². The summed E-state index contributed by atoms with van der Waals surface area (Å²) in [5.74, 6) is 0.262. The summed E-state index contributed by atoms with van der Waals surface area (Å²) in [6, 6.07) is 12.0. The predicted octanol–water partition coefficient (Wildman–Crippen LogP) is 2.57. The Labute approximate surface area is 106 Å². The van der Waals surface area contributed by atoms with Crippen molar-refractivity contribution in [3.8, 4) is 0 Å². The van der Waals surface area contributed by atoms with Gasteiger partial charge in [-0.1, -0.05) is 24.3 Å². The maximum atomic E-state index is 11.9. The lowest BCUT2D eigenvalue weighted by atomic mass is 9.88. The van der Waals surface area contributed by atoms with Crippen LogP contribution < -0.4 is 5.32 Å². The van der Waals surface area contributed by atoms with Crippen LogP contribution >= 0.6 is 0 Å². The number of amides is 1. The third-order valence-corrected chi connectivity index (χ3v) is 3.43. The Balaban J connectivity index is 1.68. The van der Waals surface area contributed by atoms with E-state index in [9.17, 15) is 4.79 Å². The molecule has 0 aliphatic heterocycles. The number of carbonyl (C=O) groups is 1. The number of hydrogen-bond donors (Lipinski definition) is 1. The van der Waals surface area contributed by atoms with E-state index in [0.717, 1.165) is 19.3 Å². The van der Waals surface area contributed by atoms with Crippen molar-refractivity contribution in [3.63, 3.8) is 0 Å². The van der Waals surface area contributed by atoms with Crippen LogP contribution in [0.5, 0.6) is 0 Å². The van der Waals surface area contributed by atoms with Gasteiger partial charge >= 0.3 is 0 Å². The van der Waals surface area contributed by atoms with E-state index in [0.29, 0.717) is 5.76 Å². The van der Waals surface area contributed by atoms with Crippen molar-refractivity contribution in [2.24, 2.45) is 0 Å². The first kappa shape index (κ1) is 11.1. The minimum absolute atomic E-state index is 0.121. The number of hydrogen-bond acceptors (Lipinski definition) is 2. The SMILES string of the molecule is O=C(NC1CCc2ccccc2C1)c1ccco1. The van der Waals surface area contributed by atoms with Gasteiger partial charge in [-0.15, -0.1) is 0 Å². The molecule has 1 aliphatic carbocycles. The molecule has 1 unspecified atom stereocenters. The van der Waals surface area contributed by atoms with Crippen LogP contribution in [0.1, 0.15) is 28.1 Å². The third kappa shape index (κ3) is 2.16. The molecule has 0 saturated carbocycles. The van der Waals surface area contributed by atoms with Crippen LogP contribution in [0.25, 0.3) is 0 Å². The van der Waals surface area contributed by atoms with Gasteiger partial charge in [0.15, 0.2) is 5.76 Å². The third-order valence-electron chi connectivity index (χ3n) is 3.43. The molecule has 2 aromatic rings. The summed E-state index contributed by atoms with van der Waals surface area (Å²) in [5, 5.41) is 3.03. The first-order chi connectivity index (χ1) is 8.83. The second-order valence-corrected chi connectivity index (χ2v) is 4.66. The van der Waals surface area contributed by atoms with E-state index in [2.05, 4.69) is 29.6 Å². The van der Waals surface area contributed by atoms with Crippen LogP contribution in [0.3, 0.4) is 0 Å². The fourth-order valence-corrected chi connectivity index (χ4v) is 2.49. The van der Waals surface area contributed by atoms with Crippen LogP contribution in [-0.2, 0) is 12.8 Å². The zero-order chi connectivity index (χ0) is 12.4. The molecule has 3 nitrogen and oxygen atoms in total. The molecule has 3 heteroatoms. The lowest BCUT2D eigenvalue weighted by Crippen LogP contribution is -2.38. The number of fused-ring (bicyclic) bond motifs is 1. The number of carbonyl (C=O) groups excluding carboxylic acids is 1. The standard InChI is InChI=1S/C15H15NO2/c17-15(14-6-3-9-18-14)16-13-8-7-11-4-1-2-5-12(11)10-13/h1-6,9,13H,7-8,10H2,(H,16,17). The van der Waals surface area contributed by atoms with Gasteiger partial charge in [0.25, 0.3) is 5.91 Å². The molecule has 1 aromatic heterocycles. The lowest BCUT2D eigenvalue weighted by Gasteiger charge is -2.25. The van der Waals surface area contributed by atoms with E-state index in [-0.39, 0.29) is 11.9 Å². The van der Waals surface area contributed by atoms with E-state index in [1.807, 2.05) is 0 Å². The second kappa shape index (κ2) is 4.69. The van der Waals surface area contributed by atoms with Crippen LogP contribution in [-0.4, -0.2) is 11.9 Å². The normalized spacial score (nSPS) is 18.1. The molecular formula is C15H15NO2. The van der Waals surface area contributed by atoms with Gasteiger partial charge in [-0.05, 0) is 42.5 Å². The number of benzene rings is 1. The van der Waals surface area contributed by atoms with Crippen molar-refractivity contribution in [3.05, 3.63) is 59.5 Å². The van der Waals surface area contributed by atoms with Gasteiger partial charge in [-0.25, -0.2) is 0 Å². The first-order valence-corrected chi connectivity index (χ1v) is 6.24. The van der Waals surface area contributed by atoms with E-state index in [4.69, 9.17) is 4.42 Å². The fraction of sp³-hybridized carbons (Fsp3) is 0.267. The Morgan fingerprint density at radius 2 is 2.00 bits per heavy atom. The van der Waals surface area contributed by atoms with Gasteiger partial charge in [-0.3, -0.25) is 4.79 Å². The van der Waals surface area contributed by atoms with Gasteiger partial charge in [0, 0.05) is 6.04 Å². The fourth-order valence-electron chi connectivity index (χ4n) is 2.49. The summed E-state index contributed by atoms with van der Waals surface area (Å²) in [4.78, 5) is 11.9. The maximum absolute atomic E-state index is 11.9. The average molecular weight is 241 g/mol. The summed E-state index contributed by atoms with van der Waals surface area (Å²) in [6.45, 7) is 0. The summed E-state index contributed by atoms with van der Waals surface area (Å²) in [7, 11) is 0. The quantitative estimate of drug-likeness (QED) is 0.878. The van der Waals surface area contributed by atoms with Crippen LogP contribution in [0, 0.1) is 0 Å². The van der Waals surface area contributed by atoms with Gasteiger partial charge in [0.05, 0.1) is 6.26 Å². The molecule has 1 heterocycles. The molecule has 1 amide bonds. The number of aryl methyl sites for hydroxylation is 1. The summed E-state index contributed by atoms with van der Waals surface area (Å²) in [5.41, 5.74) is 2.74. The van der Waals surface area contributed by atoms with Crippen molar-refractivity contribution >= 4 is 5.91 Å². The zero-order valence-electron chi connectivity index (χ0n) is 10.1. The van der Waals surface area contributed by atoms with E-state index < -0.39 is 0 Å². The first-order valence-electron chi connectivity index (χ1n) is 6.24. The molecule has 0 fully saturated rings. The van der Waals surface area contributed by atoms with Crippen molar-refractivity contribution in [1.82, 2.24) is 5.32 Å². The number of nitrogens with one attached hydrogen (secondary N) is 1. The Kier molecular flexibility index (Phi) is 2.89. The lowest BCUT2D eigenvalue weighted by molar-refractivity contribution is 0.0905. The Bertz CT molecular complexity index is 545. The predicted molar refractivity (Wildman–Crippen MR) is 68.4 cm³/mol. The van der Waals surface area contributed by atoms with Crippen molar-refractivity contribution < 1.29 is 9.21 Å². The van der Waals surface area contributed by atoms with E-state index >= 15 is 0 Å². The molecule has 1 atom stereocenters. The molecule has 1 N–H and O–H groups in total. The summed E-state index contributed by atoms with van der Waals surface area (Å²) >= 11 is 0. The molecular weight excluding hydrogens is 226 g/mol. The van der Waals surface area contributed by atoms with Gasteiger partial charge in [-0.2, -0.15) is 0 Å². The van der Waals surface area contributed by atoms with Crippen molar-refractivity contribution in [2.45, 2.75) is 25.3 Å². The molecule has 3 rings (SSSR count). The van der Waals surface area contributed by atoms with Crippen molar-refractivity contribution in [2.75, 3.05) is 0 Å². The molecule has 1 aromatic carbocycles. The highest BCUT2D eigenvalue weighted by Gasteiger charge is 2.21. The topological polar surface area (TPSA) is 42.2 Å². The number of rotatable bonds is 2. The molecule has 0 saturated heterocycles. The highest BCUT2D eigenvalue weighted by atomic mass is 16.3. The number of furan rings is 1. The minimum atomic E-state index is -0.121. The molecule has 18 heavy (non-hydrogen) atoms. The maximum Gasteiger partial charge on any atom is 0.287 e. The van der Waals surface area contributed by atoms with Gasteiger partial charge in [0.2, 0.25) is 0 Å². The zero-order valence-corrected chi connectivity index (χ0v) is 10.1. The Morgan fingerprint density at radius 1 is 1.17 bits per heavy atom. The van der Waals surface area contributed by atoms with Crippen LogP contribution in [0.15, 0.2) is 47.1 Å². The molecule has 92 valence electrons. The van der Waals surface area contributed by atoms with E-state index in [1.165, 1.54) is 17.4 Å². The Hall–Kier alpha value is -2.03. The molecule has 1 aliphatic rings.